The summed E-state index contributed by atoms with van der Waals surface area (Å²) in [7, 11) is 1.87. The average Bonchev–Trinajstić information content (AvgIpc) is 2.71. The standard InChI is InChI=1S/C23H27N3OS/c1-4-5-14-26(3)22(27)16-28-23-21(15-18-12-10-17(2)11-13-18)24-19-8-6-7-9-20(19)25-23/h6-13H,4-5,14-16H2,1-3H3. The summed E-state index contributed by atoms with van der Waals surface area (Å²) in [6.45, 7) is 5.02. The van der Waals surface area contributed by atoms with Crippen LogP contribution in [0.2, 0.25) is 0 Å². The van der Waals surface area contributed by atoms with Gasteiger partial charge in [0.05, 0.1) is 22.5 Å². The van der Waals surface area contributed by atoms with Gasteiger partial charge in [-0.1, -0.05) is 67.1 Å². The van der Waals surface area contributed by atoms with Crippen LogP contribution in [0.15, 0.2) is 53.6 Å². The van der Waals surface area contributed by atoms with Gasteiger partial charge < -0.3 is 4.90 Å². The van der Waals surface area contributed by atoms with Crippen LogP contribution in [-0.4, -0.2) is 40.1 Å². The molecule has 0 saturated heterocycles. The molecule has 1 aromatic heterocycles. The van der Waals surface area contributed by atoms with Crippen LogP contribution in [0.25, 0.3) is 11.0 Å². The van der Waals surface area contributed by atoms with Gasteiger partial charge >= 0.3 is 0 Å². The second-order valence-corrected chi connectivity index (χ2v) is 8.05. The zero-order valence-electron chi connectivity index (χ0n) is 16.8. The molecule has 1 amide bonds. The number of para-hydroxylation sites is 2. The number of aryl methyl sites for hydroxylation is 1. The molecule has 0 radical (unpaired) electrons. The maximum absolute atomic E-state index is 12.4. The predicted octanol–water partition coefficient (Wildman–Crippen LogP) is 4.88. The third-order valence-electron chi connectivity index (χ3n) is 4.70. The Morgan fingerprint density at radius 2 is 1.71 bits per heavy atom. The van der Waals surface area contributed by atoms with E-state index in [1.807, 2.05) is 36.2 Å². The lowest BCUT2D eigenvalue weighted by molar-refractivity contribution is -0.127. The van der Waals surface area contributed by atoms with Crippen molar-refractivity contribution in [3.05, 3.63) is 65.4 Å². The van der Waals surface area contributed by atoms with Gasteiger partial charge in [-0.05, 0) is 31.0 Å². The van der Waals surface area contributed by atoms with Crippen LogP contribution in [0.5, 0.6) is 0 Å². The number of fused-ring (bicyclic) bond motifs is 1. The molecular weight excluding hydrogens is 366 g/mol. The van der Waals surface area contributed by atoms with Crippen molar-refractivity contribution in [2.45, 2.75) is 38.1 Å². The van der Waals surface area contributed by atoms with Crippen molar-refractivity contribution in [2.75, 3.05) is 19.3 Å². The summed E-state index contributed by atoms with van der Waals surface area (Å²) in [5, 5.41) is 0.844. The number of benzene rings is 2. The summed E-state index contributed by atoms with van der Waals surface area (Å²) in [4.78, 5) is 23.9. The van der Waals surface area contributed by atoms with Crippen molar-refractivity contribution >= 4 is 28.7 Å². The molecule has 0 aliphatic carbocycles. The van der Waals surface area contributed by atoms with Gasteiger partial charge in [0.2, 0.25) is 5.91 Å². The molecule has 3 aromatic rings. The number of thioether (sulfide) groups is 1. The van der Waals surface area contributed by atoms with Crippen molar-refractivity contribution in [1.82, 2.24) is 14.9 Å². The smallest absolute Gasteiger partial charge is 0.232 e. The highest BCUT2D eigenvalue weighted by molar-refractivity contribution is 7.99. The van der Waals surface area contributed by atoms with Gasteiger partial charge in [0.25, 0.3) is 0 Å². The van der Waals surface area contributed by atoms with Crippen LogP contribution in [0.3, 0.4) is 0 Å². The molecule has 0 spiro atoms. The molecular formula is C23H27N3OS. The minimum atomic E-state index is 0.134. The SMILES string of the molecule is CCCCN(C)C(=O)CSc1nc2ccccc2nc1Cc1ccc(C)cc1. The van der Waals surface area contributed by atoms with Crippen LogP contribution < -0.4 is 0 Å². The van der Waals surface area contributed by atoms with E-state index < -0.39 is 0 Å². The second-order valence-electron chi connectivity index (χ2n) is 7.08. The summed E-state index contributed by atoms with van der Waals surface area (Å²) in [6.07, 6.45) is 2.82. The molecule has 28 heavy (non-hydrogen) atoms. The minimum absolute atomic E-state index is 0.134. The molecule has 0 aliphatic heterocycles. The molecule has 0 atom stereocenters. The van der Waals surface area contributed by atoms with E-state index in [2.05, 4.69) is 38.1 Å². The quantitative estimate of drug-likeness (QED) is 0.512. The van der Waals surface area contributed by atoms with E-state index in [0.29, 0.717) is 12.2 Å². The van der Waals surface area contributed by atoms with Crippen molar-refractivity contribution in [3.8, 4) is 0 Å². The van der Waals surface area contributed by atoms with Gasteiger partial charge in [-0.25, -0.2) is 9.97 Å². The zero-order chi connectivity index (χ0) is 19.9. The Bertz CT molecular complexity index is 940. The molecule has 4 nitrogen and oxygen atoms in total. The predicted molar refractivity (Wildman–Crippen MR) is 117 cm³/mol. The molecule has 0 aliphatic rings. The van der Waals surface area contributed by atoms with Crippen molar-refractivity contribution < 1.29 is 4.79 Å². The Labute approximate surface area is 171 Å². The van der Waals surface area contributed by atoms with E-state index in [9.17, 15) is 4.79 Å². The molecule has 5 heteroatoms. The fourth-order valence-corrected chi connectivity index (χ4v) is 3.84. The number of unbranched alkanes of at least 4 members (excludes halogenated alkanes) is 1. The van der Waals surface area contributed by atoms with E-state index in [1.165, 1.54) is 22.9 Å². The molecule has 0 fully saturated rings. The van der Waals surface area contributed by atoms with Gasteiger partial charge in [-0.15, -0.1) is 0 Å². The Balaban J connectivity index is 1.82. The van der Waals surface area contributed by atoms with E-state index >= 15 is 0 Å². The normalized spacial score (nSPS) is 11.0. The van der Waals surface area contributed by atoms with Gasteiger partial charge in [0.15, 0.2) is 0 Å². The molecule has 146 valence electrons. The van der Waals surface area contributed by atoms with E-state index in [1.54, 1.807) is 0 Å². The highest BCUT2D eigenvalue weighted by atomic mass is 32.2. The number of aromatic nitrogens is 2. The zero-order valence-corrected chi connectivity index (χ0v) is 17.6. The van der Waals surface area contributed by atoms with Gasteiger partial charge in [-0.2, -0.15) is 0 Å². The molecule has 0 N–H and O–H groups in total. The summed E-state index contributed by atoms with van der Waals surface area (Å²) in [6, 6.07) is 16.4. The number of nitrogens with zero attached hydrogens (tertiary/aromatic N) is 3. The van der Waals surface area contributed by atoms with Crippen LogP contribution >= 0.6 is 11.8 Å². The summed E-state index contributed by atoms with van der Waals surface area (Å²) in [5.74, 6) is 0.517. The molecule has 1 heterocycles. The van der Waals surface area contributed by atoms with E-state index in [0.717, 1.165) is 41.1 Å². The van der Waals surface area contributed by atoms with E-state index in [-0.39, 0.29) is 5.91 Å². The lowest BCUT2D eigenvalue weighted by Gasteiger charge is -2.17. The van der Waals surface area contributed by atoms with Crippen LogP contribution in [0, 0.1) is 6.92 Å². The highest BCUT2D eigenvalue weighted by Crippen LogP contribution is 2.25. The number of hydrogen-bond acceptors (Lipinski definition) is 4. The minimum Gasteiger partial charge on any atom is -0.345 e. The van der Waals surface area contributed by atoms with Crippen molar-refractivity contribution in [2.24, 2.45) is 0 Å². The van der Waals surface area contributed by atoms with Crippen LogP contribution in [0.1, 0.15) is 36.6 Å². The molecule has 3 rings (SSSR count). The molecule has 2 aromatic carbocycles. The Morgan fingerprint density at radius 3 is 2.39 bits per heavy atom. The average molecular weight is 394 g/mol. The number of carbonyl (C=O) groups is 1. The fraction of sp³-hybridized carbons (Fsp3) is 0.348. The third kappa shape index (κ3) is 5.32. The lowest BCUT2D eigenvalue weighted by Crippen LogP contribution is -2.29. The summed E-state index contributed by atoms with van der Waals surface area (Å²) >= 11 is 1.49. The maximum atomic E-state index is 12.4. The monoisotopic (exact) mass is 393 g/mol. The maximum Gasteiger partial charge on any atom is 0.232 e. The first kappa shape index (κ1) is 20.3. The summed E-state index contributed by atoms with van der Waals surface area (Å²) in [5.41, 5.74) is 5.12. The molecule has 0 unspecified atom stereocenters. The highest BCUT2D eigenvalue weighted by Gasteiger charge is 2.14. The van der Waals surface area contributed by atoms with E-state index in [4.69, 9.17) is 9.97 Å². The number of carbonyl (C=O) groups excluding carboxylic acids is 1. The summed E-state index contributed by atoms with van der Waals surface area (Å²) < 4.78 is 0. The largest absolute Gasteiger partial charge is 0.345 e. The number of rotatable bonds is 8. The van der Waals surface area contributed by atoms with Crippen LogP contribution in [-0.2, 0) is 11.2 Å². The number of amides is 1. The second kappa shape index (κ2) is 9.69. The fourth-order valence-electron chi connectivity index (χ4n) is 2.91. The Kier molecular flexibility index (Phi) is 7.04. The lowest BCUT2D eigenvalue weighted by atomic mass is 10.1. The van der Waals surface area contributed by atoms with Gasteiger partial charge in [0.1, 0.15) is 5.03 Å². The van der Waals surface area contributed by atoms with Crippen molar-refractivity contribution in [1.29, 1.82) is 0 Å². The number of hydrogen-bond donors (Lipinski definition) is 0. The first-order valence-corrected chi connectivity index (χ1v) is 10.7. The van der Waals surface area contributed by atoms with Crippen LogP contribution in [0.4, 0.5) is 0 Å². The molecule has 0 bridgehead atoms. The van der Waals surface area contributed by atoms with Gasteiger partial charge in [0, 0.05) is 20.0 Å². The first-order chi connectivity index (χ1) is 13.6. The Hall–Kier alpha value is -2.40. The van der Waals surface area contributed by atoms with Gasteiger partial charge in [-0.3, -0.25) is 4.79 Å². The molecule has 0 saturated carbocycles. The van der Waals surface area contributed by atoms with Crippen molar-refractivity contribution in [3.63, 3.8) is 0 Å². The first-order valence-electron chi connectivity index (χ1n) is 9.74. The topological polar surface area (TPSA) is 46.1 Å². The Morgan fingerprint density at radius 1 is 1.04 bits per heavy atom. The third-order valence-corrected chi connectivity index (χ3v) is 5.70.